The van der Waals surface area contributed by atoms with Crippen LogP contribution in [0.5, 0.6) is 11.5 Å². The predicted octanol–water partition coefficient (Wildman–Crippen LogP) is 2.37. The van der Waals surface area contributed by atoms with Gasteiger partial charge in [0.05, 0.1) is 12.2 Å². The normalized spacial score (nSPS) is 16.6. The molecule has 0 spiro atoms. The van der Waals surface area contributed by atoms with Gasteiger partial charge in [0.15, 0.2) is 17.3 Å². The lowest BCUT2D eigenvalue weighted by Gasteiger charge is -2.34. The summed E-state index contributed by atoms with van der Waals surface area (Å²) in [6.07, 6.45) is 0. The molecule has 2 aromatic rings. The van der Waals surface area contributed by atoms with Gasteiger partial charge in [0.1, 0.15) is 0 Å². The van der Waals surface area contributed by atoms with Gasteiger partial charge in [-0.25, -0.2) is 0 Å². The summed E-state index contributed by atoms with van der Waals surface area (Å²) in [7, 11) is 0. The summed E-state index contributed by atoms with van der Waals surface area (Å²) in [5.74, 6) is 0.804. The smallest absolute Gasteiger partial charge is 0.238 e. The molecule has 0 radical (unpaired) electrons. The first-order valence-electron chi connectivity index (χ1n) is 9.81. The van der Waals surface area contributed by atoms with Crippen LogP contribution in [0, 0.1) is 0 Å². The van der Waals surface area contributed by atoms with E-state index >= 15 is 0 Å². The molecule has 0 aromatic heterocycles. The maximum atomic E-state index is 12.6. The predicted molar refractivity (Wildman–Crippen MR) is 109 cm³/mol. The van der Waals surface area contributed by atoms with Crippen LogP contribution in [-0.2, 0) is 11.3 Å². The number of ether oxygens (including phenoxy) is 2. The second kappa shape index (κ2) is 8.63. The minimum atomic E-state index is -0.136. The standard InChI is InChI=1S/C22H25N3O4/c1-16(26)18-11-20-21(29-15-28-20)12-19(18)23-22(27)14-25-9-7-24(8-10-25)13-17-5-3-2-4-6-17/h2-6,11-12H,7-10,13-15H2,1H3,(H,23,27). The number of fused-ring (bicyclic) bond motifs is 1. The zero-order chi connectivity index (χ0) is 20.2. The van der Waals surface area contributed by atoms with E-state index in [0.717, 1.165) is 32.7 Å². The molecule has 0 aliphatic carbocycles. The summed E-state index contributed by atoms with van der Waals surface area (Å²) in [6, 6.07) is 13.7. The van der Waals surface area contributed by atoms with Gasteiger partial charge in [-0.15, -0.1) is 0 Å². The van der Waals surface area contributed by atoms with E-state index in [2.05, 4.69) is 39.4 Å². The van der Waals surface area contributed by atoms with Crippen molar-refractivity contribution in [3.05, 3.63) is 53.6 Å². The Morgan fingerprint density at radius 2 is 1.62 bits per heavy atom. The lowest BCUT2D eigenvalue weighted by Crippen LogP contribution is -2.48. The Kier molecular flexibility index (Phi) is 5.78. The highest BCUT2D eigenvalue weighted by Gasteiger charge is 2.22. The molecule has 7 nitrogen and oxygen atoms in total. The van der Waals surface area contributed by atoms with Crippen LogP contribution in [0.3, 0.4) is 0 Å². The lowest BCUT2D eigenvalue weighted by molar-refractivity contribution is -0.117. The third-order valence-electron chi connectivity index (χ3n) is 5.25. The van der Waals surface area contributed by atoms with Crippen LogP contribution in [0.25, 0.3) is 0 Å². The SMILES string of the molecule is CC(=O)c1cc2c(cc1NC(=O)CN1CCN(Cc3ccccc3)CC1)OCO2. The summed E-state index contributed by atoms with van der Waals surface area (Å²) in [5.41, 5.74) is 2.20. The summed E-state index contributed by atoms with van der Waals surface area (Å²) in [4.78, 5) is 29.1. The zero-order valence-electron chi connectivity index (χ0n) is 16.5. The zero-order valence-corrected chi connectivity index (χ0v) is 16.5. The van der Waals surface area contributed by atoms with E-state index < -0.39 is 0 Å². The van der Waals surface area contributed by atoms with Gasteiger partial charge >= 0.3 is 0 Å². The van der Waals surface area contributed by atoms with Crippen molar-refractivity contribution in [2.45, 2.75) is 13.5 Å². The summed E-state index contributed by atoms with van der Waals surface area (Å²) in [6.45, 7) is 6.33. The second-order valence-electron chi connectivity index (χ2n) is 7.39. The number of Topliss-reactive ketones (excluding diaryl/α,β-unsaturated/α-hetero) is 1. The molecule has 7 heteroatoms. The van der Waals surface area contributed by atoms with E-state index in [4.69, 9.17) is 9.47 Å². The van der Waals surface area contributed by atoms with Crippen LogP contribution in [0.4, 0.5) is 5.69 Å². The fraction of sp³-hybridized carbons (Fsp3) is 0.364. The number of anilines is 1. The van der Waals surface area contributed by atoms with Gasteiger partial charge < -0.3 is 14.8 Å². The van der Waals surface area contributed by atoms with Crippen LogP contribution in [0.15, 0.2) is 42.5 Å². The number of benzene rings is 2. The number of amides is 1. The van der Waals surface area contributed by atoms with Crippen molar-refractivity contribution in [2.24, 2.45) is 0 Å². The van der Waals surface area contributed by atoms with E-state index in [1.165, 1.54) is 12.5 Å². The number of piperazine rings is 1. The number of carbonyl (C=O) groups excluding carboxylic acids is 2. The largest absolute Gasteiger partial charge is 0.454 e. The summed E-state index contributed by atoms with van der Waals surface area (Å²) >= 11 is 0. The molecule has 1 saturated heterocycles. The van der Waals surface area contributed by atoms with Crippen LogP contribution < -0.4 is 14.8 Å². The van der Waals surface area contributed by atoms with Crippen molar-refractivity contribution in [3.8, 4) is 11.5 Å². The number of hydrogen-bond acceptors (Lipinski definition) is 6. The number of rotatable bonds is 6. The Morgan fingerprint density at radius 1 is 0.966 bits per heavy atom. The van der Waals surface area contributed by atoms with Crippen molar-refractivity contribution in [1.82, 2.24) is 9.80 Å². The van der Waals surface area contributed by atoms with Crippen LogP contribution in [-0.4, -0.2) is 61.0 Å². The van der Waals surface area contributed by atoms with E-state index in [9.17, 15) is 9.59 Å². The van der Waals surface area contributed by atoms with Gasteiger partial charge in [0, 0.05) is 44.4 Å². The molecule has 1 fully saturated rings. The summed E-state index contributed by atoms with van der Waals surface area (Å²) in [5, 5.41) is 2.87. The number of hydrogen-bond donors (Lipinski definition) is 1. The molecule has 4 rings (SSSR count). The molecule has 0 atom stereocenters. The Labute approximate surface area is 170 Å². The molecule has 0 saturated carbocycles. The monoisotopic (exact) mass is 395 g/mol. The number of carbonyl (C=O) groups is 2. The van der Waals surface area contributed by atoms with Gasteiger partial charge in [0.2, 0.25) is 12.7 Å². The molecule has 2 aliphatic rings. The van der Waals surface area contributed by atoms with Crippen LogP contribution in [0.1, 0.15) is 22.8 Å². The van der Waals surface area contributed by atoms with Gasteiger partial charge in [-0.05, 0) is 18.6 Å². The molecular formula is C22H25N3O4. The number of nitrogens with zero attached hydrogens (tertiary/aromatic N) is 2. The molecular weight excluding hydrogens is 370 g/mol. The maximum Gasteiger partial charge on any atom is 0.238 e. The highest BCUT2D eigenvalue weighted by atomic mass is 16.7. The Hall–Kier alpha value is -2.90. The molecule has 0 unspecified atom stereocenters. The van der Waals surface area contributed by atoms with Crippen LogP contribution >= 0.6 is 0 Å². The first-order chi connectivity index (χ1) is 14.1. The third kappa shape index (κ3) is 4.75. The summed E-state index contributed by atoms with van der Waals surface area (Å²) < 4.78 is 10.7. The average Bonchev–Trinajstić information content (AvgIpc) is 3.17. The lowest BCUT2D eigenvalue weighted by atomic mass is 10.1. The van der Waals surface area contributed by atoms with Gasteiger partial charge in [0.25, 0.3) is 0 Å². The molecule has 1 N–H and O–H groups in total. The molecule has 152 valence electrons. The quantitative estimate of drug-likeness (QED) is 0.758. The average molecular weight is 395 g/mol. The van der Waals surface area contributed by atoms with Gasteiger partial charge in [-0.1, -0.05) is 30.3 Å². The molecule has 1 amide bonds. The van der Waals surface area contributed by atoms with E-state index in [0.29, 0.717) is 29.3 Å². The first kappa shape index (κ1) is 19.4. The van der Waals surface area contributed by atoms with Gasteiger partial charge in [-0.2, -0.15) is 0 Å². The highest BCUT2D eigenvalue weighted by molar-refractivity contribution is 6.05. The van der Waals surface area contributed by atoms with Crippen molar-refractivity contribution >= 4 is 17.4 Å². The Bertz CT molecular complexity index is 892. The van der Waals surface area contributed by atoms with Gasteiger partial charge in [-0.3, -0.25) is 19.4 Å². The van der Waals surface area contributed by atoms with E-state index in [1.807, 2.05) is 6.07 Å². The maximum absolute atomic E-state index is 12.6. The Morgan fingerprint density at radius 3 is 2.31 bits per heavy atom. The highest BCUT2D eigenvalue weighted by Crippen LogP contribution is 2.37. The first-order valence-corrected chi connectivity index (χ1v) is 9.81. The van der Waals surface area contributed by atoms with E-state index in [-0.39, 0.29) is 18.5 Å². The Balaban J connectivity index is 1.31. The van der Waals surface area contributed by atoms with E-state index in [1.54, 1.807) is 12.1 Å². The minimum absolute atomic E-state index is 0.122. The minimum Gasteiger partial charge on any atom is -0.454 e. The van der Waals surface area contributed by atoms with Crippen LogP contribution in [0.2, 0.25) is 0 Å². The second-order valence-corrected chi connectivity index (χ2v) is 7.39. The molecule has 0 bridgehead atoms. The third-order valence-corrected chi connectivity index (χ3v) is 5.25. The molecule has 2 aromatic carbocycles. The number of nitrogens with one attached hydrogen (secondary N) is 1. The van der Waals surface area contributed by atoms with Crippen molar-refractivity contribution < 1.29 is 19.1 Å². The topological polar surface area (TPSA) is 71.1 Å². The molecule has 29 heavy (non-hydrogen) atoms. The number of ketones is 1. The van der Waals surface area contributed by atoms with Crippen molar-refractivity contribution in [3.63, 3.8) is 0 Å². The fourth-order valence-electron chi connectivity index (χ4n) is 3.68. The fourth-order valence-corrected chi connectivity index (χ4v) is 3.68. The van der Waals surface area contributed by atoms with Crippen molar-refractivity contribution in [2.75, 3.05) is 44.8 Å². The molecule has 2 aliphatic heterocycles. The molecule has 2 heterocycles. The van der Waals surface area contributed by atoms with Crippen molar-refractivity contribution in [1.29, 1.82) is 0 Å².